The predicted molar refractivity (Wildman–Crippen MR) is 70.5 cm³/mol. The fourth-order valence-electron chi connectivity index (χ4n) is 1.53. The van der Waals surface area contributed by atoms with Gasteiger partial charge in [0.2, 0.25) is 0 Å². The SMILES string of the molecule is CCc1cc(NC(=O)NCCC(O)CC)n(C)n1. The maximum Gasteiger partial charge on any atom is 0.320 e. The van der Waals surface area contributed by atoms with E-state index in [9.17, 15) is 9.90 Å². The molecule has 0 bridgehead atoms. The number of aromatic nitrogens is 2. The Kier molecular flexibility index (Phi) is 5.64. The average Bonchev–Trinajstić information content (AvgIpc) is 2.70. The van der Waals surface area contributed by atoms with Crippen LogP contribution in [0, 0.1) is 0 Å². The Balaban J connectivity index is 2.37. The highest BCUT2D eigenvalue weighted by molar-refractivity contribution is 5.88. The van der Waals surface area contributed by atoms with Crippen molar-refractivity contribution in [3.05, 3.63) is 11.8 Å². The van der Waals surface area contributed by atoms with E-state index < -0.39 is 0 Å². The van der Waals surface area contributed by atoms with Crippen molar-refractivity contribution in [1.29, 1.82) is 0 Å². The van der Waals surface area contributed by atoms with E-state index in [0.717, 1.165) is 12.1 Å². The van der Waals surface area contributed by atoms with Gasteiger partial charge in [0.15, 0.2) is 0 Å². The molecule has 102 valence electrons. The molecule has 3 N–H and O–H groups in total. The lowest BCUT2D eigenvalue weighted by atomic mass is 10.2. The zero-order valence-electron chi connectivity index (χ0n) is 11.2. The average molecular weight is 254 g/mol. The summed E-state index contributed by atoms with van der Waals surface area (Å²) in [7, 11) is 1.79. The molecule has 1 aromatic rings. The second kappa shape index (κ2) is 7.00. The molecular weight excluding hydrogens is 232 g/mol. The molecule has 0 radical (unpaired) electrons. The van der Waals surface area contributed by atoms with E-state index in [1.807, 2.05) is 19.9 Å². The van der Waals surface area contributed by atoms with Crippen molar-refractivity contribution >= 4 is 11.8 Å². The summed E-state index contributed by atoms with van der Waals surface area (Å²) in [5, 5.41) is 19.0. The number of urea groups is 1. The van der Waals surface area contributed by atoms with Crippen molar-refractivity contribution in [2.24, 2.45) is 7.05 Å². The number of hydrogen-bond donors (Lipinski definition) is 3. The van der Waals surface area contributed by atoms with Gasteiger partial charge in [-0.3, -0.25) is 10.00 Å². The summed E-state index contributed by atoms with van der Waals surface area (Å²) >= 11 is 0. The van der Waals surface area contributed by atoms with E-state index in [1.165, 1.54) is 0 Å². The highest BCUT2D eigenvalue weighted by atomic mass is 16.3. The number of hydrogen-bond acceptors (Lipinski definition) is 3. The van der Waals surface area contributed by atoms with E-state index in [4.69, 9.17) is 0 Å². The van der Waals surface area contributed by atoms with Crippen molar-refractivity contribution in [3.8, 4) is 0 Å². The van der Waals surface area contributed by atoms with Crippen LogP contribution in [0.4, 0.5) is 10.6 Å². The first-order valence-electron chi connectivity index (χ1n) is 6.32. The van der Waals surface area contributed by atoms with Gasteiger partial charge in [-0.05, 0) is 19.3 Å². The Morgan fingerprint density at radius 3 is 2.83 bits per heavy atom. The first-order valence-corrected chi connectivity index (χ1v) is 6.32. The number of anilines is 1. The number of nitrogens with zero attached hydrogens (tertiary/aromatic N) is 2. The van der Waals surface area contributed by atoms with Gasteiger partial charge in [-0.1, -0.05) is 13.8 Å². The van der Waals surface area contributed by atoms with Crippen LogP contribution in [0.25, 0.3) is 0 Å². The van der Waals surface area contributed by atoms with E-state index in [1.54, 1.807) is 11.7 Å². The zero-order chi connectivity index (χ0) is 13.5. The van der Waals surface area contributed by atoms with Gasteiger partial charge in [-0.15, -0.1) is 0 Å². The van der Waals surface area contributed by atoms with Gasteiger partial charge in [0.05, 0.1) is 11.8 Å². The first kappa shape index (κ1) is 14.5. The van der Waals surface area contributed by atoms with Crippen LogP contribution >= 0.6 is 0 Å². The monoisotopic (exact) mass is 254 g/mol. The lowest BCUT2D eigenvalue weighted by Gasteiger charge is -2.09. The van der Waals surface area contributed by atoms with Crippen molar-refractivity contribution in [1.82, 2.24) is 15.1 Å². The Morgan fingerprint density at radius 2 is 2.28 bits per heavy atom. The number of carbonyl (C=O) groups excluding carboxylic acids is 1. The minimum absolute atomic E-state index is 0.274. The molecule has 0 aliphatic heterocycles. The predicted octanol–water partition coefficient (Wildman–Crippen LogP) is 1.26. The highest BCUT2D eigenvalue weighted by Gasteiger charge is 2.08. The van der Waals surface area contributed by atoms with Gasteiger partial charge in [0.1, 0.15) is 5.82 Å². The van der Waals surface area contributed by atoms with Gasteiger partial charge in [0.25, 0.3) is 0 Å². The zero-order valence-corrected chi connectivity index (χ0v) is 11.2. The number of amides is 2. The van der Waals surface area contributed by atoms with Gasteiger partial charge in [-0.25, -0.2) is 4.79 Å². The Morgan fingerprint density at radius 1 is 1.56 bits per heavy atom. The summed E-state index contributed by atoms with van der Waals surface area (Å²) in [5.41, 5.74) is 0.939. The maximum absolute atomic E-state index is 11.6. The molecule has 0 spiro atoms. The lowest BCUT2D eigenvalue weighted by Crippen LogP contribution is -2.31. The van der Waals surface area contributed by atoms with Crippen LogP contribution in [0.3, 0.4) is 0 Å². The van der Waals surface area contributed by atoms with E-state index in [0.29, 0.717) is 25.2 Å². The number of rotatable bonds is 6. The number of aliphatic hydroxyl groups is 1. The fraction of sp³-hybridized carbons (Fsp3) is 0.667. The molecule has 0 saturated heterocycles. The fourth-order valence-corrected chi connectivity index (χ4v) is 1.53. The number of nitrogens with one attached hydrogen (secondary N) is 2. The van der Waals surface area contributed by atoms with Crippen LogP contribution in [-0.2, 0) is 13.5 Å². The van der Waals surface area contributed by atoms with Gasteiger partial charge >= 0.3 is 6.03 Å². The van der Waals surface area contributed by atoms with Crippen LogP contribution in [0.2, 0.25) is 0 Å². The molecule has 2 amide bonds. The molecule has 1 aromatic heterocycles. The maximum atomic E-state index is 11.6. The summed E-state index contributed by atoms with van der Waals surface area (Å²) in [4.78, 5) is 11.6. The Hall–Kier alpha value is -1.56. The standard InChI is InChI=1S/C12H22N4O2/c1-4-9-8-11(16(3)15-9)14-12(18)13-7-6-10(17)5-2/h8,10,17H,4-7H2,1-3H3,(H2,13,14,18). The number of aliphatic hydroxyl groups excluding tert-OH is 1. The summed E-state index contributed by atoms with van der Waals surface area (Å²) in [6, 6.07) is 1.57. The van der Waals surface area contributed by atoms with E-state index in [2.05, 4.69) is 15.7 Å². The molecular formula is C12H22N4O2. The van der Waals surface area contributed by atoms with E-state index >= 15 is 0 Å². The van der Waals surface area contributed by atoms with Crippen molar-refractivity contribution < 1.29 is 9.90 Å². The van der Waals surface area contributed by atoms with Gasteiger partial charge in [-0.2, -0.15) is 5.10 Å². The molecule has 0 aromatic carbocycles. The molecule has 0 fully saturated rings. The minimum Gasteiger partial charge on any atom is -0.393 e. The molecule has 0 aliphatic carbocycles. The smallest absolute Gasteiger partial charge is 0.320 e. The Labute approximate surface area is 107 Å². The largest absolute Gasteiger partial charge is 0.393 e. The normalized spacial score (nSPS) is 12.2. The van der Waals surface area contributed by atoms with Gasteiger partial charge < -0.3 is 10.4 Å². The second-order valence-corrected chi connectivity index (χ2v) is 4.23. The van der Waals surface area contributed by atoms with Crippen LogP contribution < -0.4 is 10.6 Å². The van der Waals surface area contributed by atoms with Crippen molar-refractivity contribution in [3.63, 3.8) is 0 Å². The second-order valence-electron chi connectivity index (χ2n) is 4.23. The first-order chi connectivity index (χ1) is 8.56. The van der Waals surface area contributed by atoms with Crippen molar-refractivity contribution in [2.75, 3.05) is 11.9 Å². The summed E-state index contributed by atoms with van der Waals surface area (Å²) in [5.74, 6) is 0.667. The molecule has 1 heterocycles. The topological polar surface area (TPSA) is 79.2 Å². The third kappa shape index (κ3) is 4.37. The van der Waals surface area contributed by atoms with E-state index in [-0.39, 0.29) is 12.1 Å². The van der Waals surface area contributed by atoms with Crippen LogP contribution in [0.15, 0.2) is 6.07 Å². The molecule has 0 saturated carbocycles. The minimum atomic E-state index is -0.353. The van der Waals surface area contributed by atoms with Crippen LogP contribution in [0.5, 0.6) is 0 Å². The number of aryl methyl sites for hydroxylation is 2. The van der Waals surface area contributed by atoms with Crippen LogP contribution in [-0.4, -0.2) is 33.6 Å². The molecule has 0 aliphatic rings. The summed E-state index contributed by atoms with van der Waals surface area (Å²) in [6.07, 6.45) is 1.74. The third-order valence-electron chi connectivity index (χ3n) is 2.77. The van der Waals surface area contributed by atoms with Crippen molar-refractivity contribution in [2.45, 2.75) is 39.2 Å². The molecule has 1 atom stereocenters. The molecule has 1 unspecified atom stereocenters. The Bertz CT molecular complexity index is 389. The quantitative estimate of drug-likeness (QED) is 0.715. The summed E-state index contributed by atoms with van der Waals surface area (Å²) < 4.78 is 1.64. The molecule has 1 rings (SSSR count). The van der Waals surface area contributed by atoms with Gasteiger partial charge in [0, 0.05) is 19.7 Å². The van der Waals surface area contributed by atoms with Crippen LogP contribution in [0.1, 0.15) is 32.4 Å². The molecule has 6 heteroatoms. The highest BCUT2D eigenvalue weighted by Crippen LogP contribution is 2.09. The summed E-state index contributed by atoms with van der Waals surface area (Å²) in [6.45, 7) is 4.38. The molecule has 18 heavy (non-hydrogen) atoms. The third-order valence-corrected chi connectivity index (χ3v) is 2.77. The number of carbonyl (C=O) groups is 1. The lowest BCUT2D eigenvalue weighted by molar-refractivity contribution is 0.160. The molecule has 6 nitrogen and oxygen atoms in total.